The summed E-state index contributed by atoms with van der Waals surface area (Å²) >= 11 is 1.65. The molecule has 1 heterocycles. The van der Waals surface area contributed by atoms with Crippen molar-refractivity contribution < 1.29 is 5.11 Å². The van der Waals surface area contributed by atoms with Gasteiger partial charge in [0.1, 0.15) is 0 Å². The molecular formula is C12H13NOS. The van der Waals surface area contributed by atoms with E-state index in [1.165, 1.54) is 5.56 Å². The Bertz CT molecular complexity index is 408. The fourth-order valence-corrected chi connectivity index (χ4v) is 2.15. The summed E-state index contributed by atoms with van der Waals surface area (Å²) in [6.45, 7) is 0. The number of anilines is 1. The Kier molecular flexibility index (Phi) is 3.04. The molecule has 0 bridgehead atoms. The molecule has 1 atom stereocenters. The minimum atomic E-state index is -0.444. The average molecular weight is 219 g/mol. The highest BCUT2D eigenvalue weighted by atomic mass is 32.1. The molecule has 78 valence electrons. The van der Waals surface area contributed by atoms with Crippen LogP contribution in [0.3, 0.4) is 0 Å². The zero-order valence-electron chi connectivity index (χ0n) is 8.26. The van der Waals surface area contributed by atoms with Gasteiger partial charge in [-0.1, -0.05) is 12.1 Å². The number of nitrogens with two attached hydrogens (primary N) is 1. The fourth-order valence-electron chi connectivity index (χ4n) is 1.47. The van der Waals surface area contributed by atoms with Crippen LogP contribution in [0.1, 0.15) is 17.2 Å². The van der Waals surface area contributed by atoms with Crippen LogP contribution in [0.25, 0.3) is 0 Å². The molecule has 1 unspecified atom stereocenters. The maximum absolute atomic E-state index is 9.95. The van der Waals surface area contributed by atoms with E-state index in [0.29, 0.717) is 6.42 Å². The van der Waals surface area contributed by atoms with E-state index in [-0.39, 0.29) is 0 Å². The molecule has 0 aliphatic carbocycles. The van der Waals surface area contributed by atoms with Crippen molar-refractivity contribution in [3.05, 3.63) is 52.2 Å². The molecule has 2 aromatic rings. The molecular weight excluding hydrogens is 206 g/mol. The molecule has 0 aliphatic rings. The van der Waals surface area contributed by atoms with Gasteiger partial charge in [0.05, 0.1) is 6.10 Å². The number of hydrogen-bond donors (Lipinski definition) is 2. The second kappa shape index (κ2) is 4.47. The SMILES string of the molecule is Nc1ccc(C(O)Cc2ccsc2)cc1. The molecule has 3 N–H and O–H groups in total. The van der Waals surface area contributed by atoms with Gasteiger partial charge in [0.25, 0.3) is 0 Å². The molecule has 0 saturated heterocycles. The molecule has 0 radical (unpaired) electrons. The Morgan fingerprint density at radius 2 is 1.93 bits per heavy atom. The third kappa shape index (κ3) is 2.58. The molecule has 1 aromatic heterocycles. The van der Waals surface area contributed by atoms with Crippen molar-refractivity contribution in [1.82, 2.24) is 0 Å². The lowest BCUT2D eigenvalue weighted by molar-refractivity contribution is 0.178. The van der Waals surface area contributed by atoms with E-state index >= 15 is 0 Å². The minimum absolute atomic E-state index is 0.444. The van der Waals surface area contributed by atoms with Crippen LogP contribution in [0, 0.1) is 0 Å². The first-order valence-corrected chi connectivity index (χ1v) is 5.74. The Morgan fingerprint density at radius 1 is 1.20 bits per heavy atom. The van der Waals surface area contributed by atoms with Gasteiger partial charge in [0.15, 0.2) is 0 Å². The van der Waals surface area contributed by atoms with Crippen LogP contribution in [0.15, 0.2) is 41.1 Å². The van der Waals surface area contributed by atoms with E-state index in [1.54, 1.807) is 11.3 Å². The maximum atomic E-state index is 9.95. The Morgan fingerprint density at radius 3 is 2.53 bits per heavy atom. The quantitative estimate of drug-likeness (QED) is 0.779. The second-order valence-electron chi connectivity index (χ2n) is 3.52. The summed E-state index contributed by atoms with van der Waals surface area (Å²) in [5.41, 5.74) is 8.39. The lowest BCUT2D eigenvalue weighted by Gasteiger charge is -2.09. The number of nitrogen functional groups attached to an aromatic ring is 1. The Balaban J connectivity index is 2.08. The molecule has 3 heteroatoms. The highest BCUT2D eigenvalue weighted by molar-refractivity contribution is 7.07. The number of aliphatic hydroxyl groups excluding tert-OH is 1. The third-order valence-electron chi connectivity index (χ3n) is 2.33. The van der Waals surface area contributed by atoms with Crippen LogP contribution in [0.2, 0.25) is 0 Å². The lowest BCUT2D eigenvalue weighted by Crippen LogP contribution is -2.01. The first kappa shape index (κ1) is 10.2. The van der Waals surface area contributed by atoms with E-state index in [4.69, 9.17) is 5.73 Å². The molecule has 0 aliphatic heterocycles. The van der Waals surface area contributed by atoms with Crippen molar-refractivity contribution in [1.29, 1.82) is 0 Å². The number of hydrogen-bond acceptors (Lipinski definition) is 3. The van der Waals surface area contributed by atoms with Crippen molar-refractivity contribution >= 4 is 17.0 Å². The summed E-state index contributed by atoms with van der Waals surface area (Å²) < 4.78 is 0. The smallest absolute Gasteiger partial charge is 0.0830 e. The summed E-state index contributed by atoms with van der Waals surface area (Å²) in [7, 11) is 0. The van der Waals surface area contributed by atoms with Crippen molar-refractivity contribution in [2.24, 2.45) is 0 Å². The highest BCUT2D eigenvalue weighted by Crippen LogP contribution is 2.20. The number of benzene rings is 1. The molecule has 0 amide bonds. The second-order valence-corrected chi connectivity index (χ2v) is 4.30. The van der Waals surface area contributed by atoms with Gasteiger partial charge in [0, 0.05) is 12.1 Å². The average Bonchev–Trinajstić information content (AvgIpc) is 2.71. The van der Waals surface area contributed by atoms with Gasteiger partial charge in [-0.15, -0.1) is 0 Å². The number of thiophene rings is 1. The first-order chi connectivity index (χ1) is 7.25. The maximum Gasteiger partial charge on any atom is 0.0830 e. The van der Waals surface area contributed by atoms with Crippen molar-refractivity contribution in [2.75, 3.05) is 5.73 Å². The van der Waals surface area contributed by atoms with Crippen LogP contribution in [-0.4, -0.2) is 5.11 Å². The van der Waals surface area contributed by atoms with Gasteiger partial charge in [-0.25, -0.2) is 0 Å². The van der Waals surface area contributed by atoms with Crippen LogP contribution < -0.4 is 5.73 Å². The molecule has 0 fully saturated rings. The van der Waals surface area contributed by atoms with E-state index in [0.717, 1.165) is 11.3 Å². The largest absolute Gasteiger partial charge is 0.399 e. The van der Waals surface area contributed by atoms with E-state index in [1.807, 2.05) is 35.7 Å². The third-order valence-corrected chi connectivity index (χ3v) is 3.06. The molecule has 2 nitrogen and oxygen atoms in total. The summed E-state index contributed by atoms with van der Waals surface area (Å²) in [5.74, 6) is 0. The van der Waals surface area contributed by atoms with Gasteiger partial charge in [-0.05, 0) is 40.1 Å². The molecule has 0 spiro atoms. The van der Waals surface area contributed by atoms with Crippen molar-refractivity contribution in [3.63, 3.8) is 0 Å². The van der Waals surface area contributed by atoms with Crippen LogP contribution >= 0.6 is 11.3 Å². The Labute approximate surface area is 93.0 Å². The highest BCUT2D eigenvalue weighted by Gasteiger charge is 2.08. The summed E-state index contributed by atoms with van der Waals surface area (Å²) in [4.78, 5) is 0. The predicted molar refractivity (Wildman–Crippen MR) is 63.8 cm³/mol. The van der Waals surface area contributed by atoms with E-state index in [2.05, 4.69) is 5.38 Å². The first-order valence-electron chi connectivity index (χ1n) is 4.80. The Hall–Kier alpha value is -1.32. The van der Waals surface area contributed by atoms with Gasteiger partial charge >= 0.3 is 0 Å². The van der Waals surface area contributed by atoms with Crippen molar-refractivity contribution in [3.8, 4) is 0 Å². The fraction of sp³-hybridized carbons (Fsp3) is 0.167. The van der Waals surface area contributed by atoms with Gasteiger partial charge in [-0.3, -0.25) is 0 Å². The summed E-state index contributed by atoms with van der Waals surface area (Å²) in [6, 6.07) is 9.39. The molecule has 1 aromatic carbocycles. The van der Waals surface area contributed by atoms with Gasteiger partial charge in [-0.2, -0.15) is 11.3 Å². The molecule has 15 heavy (non-hydrogen) atoms. The number of aliphatic hydroxyl groups is 1. The van der Waals surface area contributed by atoms with Gasteiger partial charge in [0.2, 0.25) is 0 Å². The van der Waals surface area contributed by atoms with Gasteiger partial charge < -0.3 is 10.8 Å². The van der Waals surface area contributed by atoms with Crippen LogP contribution in [0.5, 0.6) is 0 Å². The summed E-state index contributed by atoms with van der Waals surface area (Å²) in [5, 5.41) is 14.0. The summed E-state index contributed by atoms with van der Waals surface area (Å²) in [6.07, 6.45) is 0.216. The van der Waals surface area contributed by atoms with E-state index < -0.39 is 6.10 Å². The van der Waals surface area contributed by atoms with Crippen molar-refractivity contribution in [2.45, 2.75) is 12.5 Å². The number of rotatable bonds is 3. The minimum Gasteiger partial charge on any atom is -0.399 e. The predicted octanol–water partition coefficient (Wildman–Crippen LogP) is 2.61. The van der Waals surface area contributed by atoms with Crippen LogP contribution in [0.4, 0.5) is 5.69 Å². The van der Waals surface area contributed by atoms with Crippen LogP contribution in [-0.2, 0) is 6.42 Å². The monoisotopic (exact) mass is 219 g/mol. The zero-order chi connectivity index (χ0) is 10.7. The zero-order valence-corrected chi connectivity index (χ0v) is 9.08. The normalized spacial score (nSPS) is 12.6. The molecule has 2 rings (SSSR count). The molecule has 0 saturated carbocycles. The lowest BCUT2D eigenvalue weighted by atomic mass is 10.0. The topological polar surface area (TPSA) is 46.2 Å². The standard InChI is InChI=1S/C12H13NOS/c13-11-3-1-10(2-4-11)12(14)7-9-5-6-15-8-9/h1-6,8,12,14H,7,13H2. The van der Waals surface area contributed by atoms with E-state index in [9.17, 15) is 5.11 Å².